The van der Waals surface area contributed by atoms with Gasteiger partial charge >= 0.3 is 23.9 Å². The van der Waals surface area contributed by atoms with E-state index in [0.29, 0.717) is 10.5 Å². The molecular formula is C27H21NO8S. The molecule has 3 aromatic rings. The second-order valence-electron chi connectivity index (χ2n) is 7.33. The lowest BCUT2D eigenvalue weighted by Gasteiger charge is -2.17. The van der Waals surface area contributed by atoms with Crippen molar-refractivity contribution in [1.82, 2.24) is 0 Å². The first-order chi connectivity index (χ1) is 17.8. The average molecular weight is 520 g/mol. The maximum absolute atomic E-state index is 12.6. The number of carbonyl (C=O) groups excluding carboxylic acids is 4. The van der Waals surface area contributed by atoms with Gasteiger partial charge in [-0.3, -0.25) is 0 Å². The van der Waals surface area contributed by atoms with Crippen LogP contribution >= 0.6 is 11.8 Å². The molecule has 0 aliphatic carbocycles. The van der Waals surface area contributed by atoms with E-state index in [2.05, 4.69) is 0 Å². The van der Waals surface area contributed by atoms with Crippen molar-refractivity contribution >= 4 is 35.6 Å². The lowest BCUT2D eigenvalue weighted by molar-refractivity contribution is 0.0555. The highest BCUT2D eigenvalue weighted by Gasteiger charge is 2.27. The van der Waals surface area contributed by atoms with Crippen molar-refractivity contribution in [2.45, 2.75) is 9.79 Å². The Morgan fingerprint density at radius 2 is 1.08 bits per heavy atom. The van der Waals surface area contributed by atoms with Crippen molar-refractivity contribution < 1.29 is 38.1 Å². The first-order valence-electron chi connectivity index (χ1n) is 10.6. The Balaban J connectivity index is 2.43. The summed E-state index contributed by atoms with van der Waals surface area (Å²) < 4.78 is 19.3. The molecule has 0 amide bonds. The van der Waals surface area contributed by atoms with Crippen LogP contribution in [0.15, 0.2) is 64.4 Å². The minimum absolute atomic E-state index is 0.0181. The molecule has 0 saturated carbocycles. The quantitative estimate of drug-likeness (QED) is 0.324. The second kappa shape index (κ2) is 11.9. The Morgan fingerprint density at radius 3 is 1.54 bits per heavy atom. The van der Waals surface area contributed by atoms with Gasteiger partial charge < -0.3 is 18.9 Å². The molecule has 0 N–H and O–H groups in total. The fourth-order valence-corrected chi connectivity index (χ4v) is 4.52. The summed E-state index contributed by atoms with van der Waals surface area (Å²) in [4.78, 5) is 51.4. The van der Waals surface area contributed by atoms with Crippen molar-refractivity contribution in [1.29, 1.82) is 5.26 Å². The number of hydrogen-bond acceptors (Lipinski definition) is 10. The van der Waals surface area contributed by atoms with Crippen molar-refractivity contribution in [3.63, 3.8) is 0 Å². The summed E-state index contributed by atoms with van der Waals surface area (Å²) in [5.41, 5.74) is 0.110. The minimum Gasteiger partial charge on any atom is -0.465 e. The van der Waals surface area contributed by atoms with Crippen molar-refractivity contribution in [2.75, 3.05) is 28.4 Å². The van der Waals surface area contributed by atoms with E-state index in [4.69, 9.17) is 18.9 Å². The molecule has 0 fully saturated rings. The van der Waals surface area contributed by atoms with Crippen LogP contribution in [0.1, 0.15) is 47.0 Å². The Labute approximate surface area is 216 Å². The summed E-state index contributed by atoms with van der Waals surface area (Å²) >= 11 is 1.26. The number of rotatable bonds is 7. The van der Waals surface area contributed by atoms with Gasteiger partial charge in [-0.05, 0) is 42.0 Å². The molecule has 3 rings (SSSR count). The van der Waals surface area contributed by atoms with Gasteiger partial charge in [0, 0.05) is 15.4 Å². The summed E-state index contributed by atoms with van der Waals surface area (Å²) in [5, 5.41) is 9.94. The number of nitrogens with zero attached hydrogens (tertiary/aromatic N) is 1. The third-order valence-electron chi connectivity index (χ3n) is 5.28. The topological polar surface area (TPSA) is 129 Å². The molecular weight excluding hydrogens is 498 g/mol. The third kappa shape index (κ3) is 5.63. The van der Waals surface area contributed by atoms with Crippen LogP contribution in [0.3, 0.4) is 0 Å². The first kappa shape index (κ1) is 27.0. The smallest absolute Gasteiger partial charge is 0.338 e. The summed E-state index contributed by atoms with van der Waals surface area (Å²) in [6.45, 7) is 0. The van der Waals surface area contributed by atoms with Crippen LogP contribution < -0.4 is 0 Å². The number of ether oxygens (including phenoxy) is 4. The minimum atomic E-state index is -0.835. The number of benzene rings is 3. The maximum Gasteiger partial charge on any atom is 0.338 e. The number of esters is 4. The predicted octanol–water partition coefficient (Wildman–Crippen LogP) is 4.52. The van der Waals surface area contributed by atoms with E-state index in [0.717, 1.165) is 26.2 Å². The van der Waals surface area contributed by atoms with Gasteiger partial charge in [0.05, 0.1) is 62.3 Å². The average Bonchev–Trinajstić information content (AvgIpc) is 2.95. The lowest BCUT2D eigenvalue weighted by atomic mass is 9.92. The second-order valence-corrected chi connectivity index (χ2v) is 8.45. The van der Waals surface area contributed by atoms with Gasteiger partial charge in [0.1, 0.15) is 0 Å². The highest BCUT2D eigenvalue weighted by atomic mass is 32.2. The molecule has 188 valence electrons. The number of methoxy groups -OCH3 is 4. The summed E-state index contributed by atoms with van der Waals surface area (Å²) in [7, 11) is 4.64. The highest BCUT2D eigenvalue weighted by Crippen LogP contribution is 2.40. The molecule has 0 spiro atoms. The van der Waals surface area contributed by atoms with Gasteiger partial charge in [0.25, 0.3) is 0 Å². The van der Waals surface area contributed by atoms with Crippen LogP contribution in [0.5, 0.6) is 0 Å². The molecule has 0 atom stereocenters. The van der Waals surface area contributed by atoms with Gasteiger partial charge in [-0.15, -0.1) is 0 Å². The molecule has 3 aromatic carbocycles. The fraction of sp³-hybridized carbons (Fsp3) is 0.148. The molecule has 0 aliphatic rings. The van der Waals surface area contributed by atoms with Gasteiger partial charge in [0.2, 0.25) is 0 Å². The maximum atomic E-state index is 12.6. The molecule has 0 saturated heterocycles. The van der Waals surface area contributed by atoms with E-state index >= 15 is 0 Å². The van der Waals surface area contributed by atoms with Crippen LogP contribution in [-0.4, -0.2) is 52.3 Å². The van der Waals surface area contributed by atoms with Crippen LogP contribution in [0.2, 0.25) is 0 Å². The van der Waals surface area contributed by atoms with Gasteiger partial charge in [-0.25, -0.2) is 19.2 Å². The Hall–Kier alpha value is -4.62. The SMILES string of the molecule is COC(=O)c1cc(C#N)c(-c2cc(C(=O)OC)c(C(=O)OC)cc2Sc2ccccc2)cc1C(=O)OC. The molecule has 37 heavy (non-hydrogen) atoms. The van der Waals surface area contributed by atoms with Crippen molar-refractivity contribution in [3.8, 4) is 17.2 Å². The molecule has 0 aromatic heterocycles. The monoisotopic (exact) mass is 519 g/mol. The van der Waals surface area contributed by atoms with E-state index in [1.54, 1.807) is 0 Å². The van der Waals surface area contributed by atoms with Gasteiger partial charge in [-0.2, -0.15) is 5.26 Å². The zero-order valence-corrected chi connectivity index (χ0v) is 21.1. The van der Waals surface area contributed by atoms with Crippen LogP contribution in [0.25, 0.3) is 11.1 Å². The summed E-state index contributed by atoms with van der Waals surface area (Å²) in [6.07, 6.45) is 0. The Bertz CT molecular complexity index is 1430. The molecule has 0 bridgehead atoms. The standard InChI is InChI=1S/C27H21NO8S/c1-33-24(29)19-10-15(14-28)17(11-20(19)25(30)34-2)18-12-21(26(31)35-3)22(27(32)36-4)13-23(18)37-16-8-6-5-7-9-16/h5-13H,1-4H3. The highest BCUT2D eigenvalue weighted by molar-refractivity contribution is 7.99. The summed E-state index contributed by atoms with van der Waals surface area (Å²) in [6, 6.07) is 16.6. The predicted molar refractivity (Wildman–Crippen MR) is 133 cm³/mol. The lowest BCUT2D eigenvalue weighted by Crippen LogP contribution is -2.14. The molecule has 0 aliphatic heterocycles. The van der Waals surface area contributed by atoms with Crippen LogP contribution in [0, 0.1) is 11.3 Å². The largest absolute Gasteiger partial charge is 0.465 e. The van der Waals surface area contributed by atoms with Crippen molar-refractivity contribution in [3.05, 3.63) is 82.4 Å². The number of hydrogen-bond donors (Lipinski definition) is 0. The van der Waals surface area contributed by atoms with Crippen LogP contribution in [0.4, 0.5) is 0 Å². The van der Waals surface area contributed by atoms with E-state index in [-0.39, 0.29) is 33.4 Å². The molecule has 9 nitrogen and oxygen atoms in total. The van der Waals surface area contributed by atoms with Gasteiger partial charge in [0.15, 0.2) is 0 Å². The van der Waals surface area contributed by atoms with Crippen LogP contribution in [-0.2, 0) is 18.9 Å². The molecule has 0 radical (unpaired) electrons. The Morgan fingerprint density at radius 1 is 0.649 bits per heavy atom. The number of nitriles is 1. The molecule has 0 unspecified atom stereocenters. The van der Waals surface area contributed by atoms with E-state index < -0.39 is 23.9 Å². The molecule has 0 heterocycles. The zero-order chi connectivity index (χ0) is 27.1. The fourth-order valence-electron chi connectivity index (χ4n) is 3.52. The van der Waals surface area contributed by atoms with Gasteiger partial charge in [-0.1, -0.05) is 30.0 Å². The summed E-state index contributed by atoms with van der Waals surface area (Å²) in [5.74, 6) is -3.24. The first-order valence-corrected chi connectivity index (χ1v) is 11.4. The van der Waals surface area contributed by atoms with E-state index in [1.807, 2.05) is 36.4 Å². The number of carbonyl (C=O) groups is 4. The van der Waals surface area contributed by atoms with Crippen molar-refractivity contribution in [2.24, 2.45) is 0 Å². The normalized spacial score (nSPS) is 10.1. The Kier molecular flexibility index (Phi) is 8.66. The molecule has 10 heteroatoms. The van der Waals surface area contributed by atoms with E-state index in [1.165, 1.54) is 43.1 Å². The third-order valence-corrected chi connectivity index (χ3v) is 6.35. The zero-order valence-electron chi connectivity index (χ0n) is 20.3. The van der Waals surface area contributed by atoms with E-state index in [9.17, 15) is 24.4 Å².